The lowest BCUT2D eigenvalue weighted by molar-refractivity contribution is 0.469. The molecule has 0 aromatic carbocycles. The quantitative estimate of drug-likeness (QED) is 0.671. The second kappa shape index (κ2) is 4.19. The molecule has 0 bridgehead atoms. The highest BCUT2D eigenvalue weighted by Gasteiger charge is 2.43. The molecule has 2 saturated heterocycles. The number of fused-ring (bicyclic) bond motifs is 1. The van der Waals surface area contributed by atoms with Gasteiger partial charge in [-0.15, -0.1) is 5.10 Å². The lowest BCUT2D eigenvalue weighted by Gasteiger charge is -2.25. The molecule has 104 valence electrons. The molecule has 0 spiro atoms. The van der Waals surface area contributed by atoms with Crippen LogP contribution in [-0.2, 0) is 14.1 Å². The number of hydrogen-bond donors (Lipinski definition) is 1. The summed E-state index contributed by atoms with van der Waals surface area (Å²) in [6, 6.07) is 0.276. The molecule has 0 saturated carbocycles. The molecule has 3 heterocycles. The number of anilines is 1. The SMILES string of the molecule is CC1C2CNCC2CN1c1nn(C)c(=O)n(C)c1=O. The average Bonchev–Trinajstić information content (AvgIpc) is 2.95. The third kappa shape index (κ3) is 1.72. The van der Waals surface area contributed by atoms with Crippen LogP contribution in [0.2, 0.25) is 0 Å². The minimum absolute atomic E-state index is 0.276. The molecule has 7 heteroatoms. The molecule has 2 fully saturated rings. The van der Waals surface area contributed by atoms with Gasteiger partial charge in [-0.2, -0.15) is 0 Å². The first-order valence-corrected chi connectivity index (χ1v) is 6.62. The first kappa shape index (κ1) is 12.4. The van der Waals surface area contributed by atoms with Crippen molar-refractivity contribution in [2.24, 2.45) is 25.9 Å². The number of nitrogens with one attached hydrogen (secondary N) is 1. The van der Waals surface area contributed by atoms with Crippen molar-refractivity contribution < 1.29 is 0 Å². The fourth-order valence-electron chi connectivity index (χ4n) is 3.31. The van der Waals surface area contributed by atoms with E-state index in [2.05, 4.69) is 22.2 Å². The fourth-order valence-corrected chi connectivity index (χ4v) is 3.31. The predicted molar refractivity (Wildman–Crippen MR) is 71.4 cm³/mol. The Morgan fingerprint density at radius 3 is 2.68 bits per heavy atom. The Balaban J connectivity index is 2.04. The number of aromatic nitrogens is 3. The van der Waals surface area contributed by atoms with Gasteiger partial charge in [-0.3, -0.25) is 9.36 Å². The molecule has 19 heavy (non-hydrogen) atoms. The Hall–Kier alpha value is -1.63. The maximum absolute atomic E-state index is 12.2. The molecule has 1 N–H and O–H groups in total. The number of rotatable bonds is 1. The van der Waals surface area contributed by atoms with Crippen LogP contribution in [0.15, 0.2) is 9.59 Å². The first-order chi connectivity index (χ1) is 9.00. The van der Waals surface area contributed by atoms with Crippen LogP contribution in [0.5, 0.6) is 0 Å². The Morgan fingerprint density at radius 1 is 1.26 bits per heavy atom. The van der Waals surface area contributed by atoms with Crippen molar-refractivity contribution in [2.75, 3.05) is 24.5 Å². The largest absolute Gasteiger partial charge is 0.347 e. The monoisotopic (exact) mass is 265 g/mol. The standard InChI is InChI=1S/C12H19N5O2/c1-7-9-5-13-4-8(9)6-17(7)10-11(18)15(2)12(19)16(3)14-10/h7-9,13H,4-6H2,1-3H3. The molecule has 1 aromatic heterocycles. The number of hydrogen-bond acceptors (Lipinski definition) is 5. The molecule has 0 radical (unpaired) electrons. The Labute approximate surface area is 110 Å². The van der Waals surface area contributed by atoms with Gasteiger partial charge in [-0.1, -0.05) is 0 Å². The summed E-state index contributed by atoms with van der Waals surface area (Å²) >= 11 is 0. The van der Waals surface area contributed by atoms with Crippen molar-refractivity contribution >= 4 is 5.82 Å². The van der Waals surface area contributed by atoms with Gasteiger partial charge in [0.05, 0.1) is 0 Å². The van der Waals surface area contributed by atoms with E-state index >= 15 is 0 Å². The molecule has 1 aromatic rings. The van der Waals surface area contributed by atoms with E-state index in [1.165, 1.54) is 11.7 Å². The average molecular weight is 265 g/mol. The number of aryl methyl sites for hydroxylation is 1. The fraction of sp³-hybridized carbons (Fsp3) is 0.750. The lowest BCUT2D eigenvalue weighted by Crippen LogP contribution is -2.45. The summed E-state index contributed by atoms with van der Waals surface area (Å²) in [4.78, 5) is 25.9. The van der Waals surface area contributed by atoms with Crippen LogP contribution in [0.4, 0.5) is 5.82 Å². The Morgan fingerprint density at radius 2 is 2.00 bits per heavy atom. The van der Waals surface area contributed by atoms with Gasteiger partial charge in [0.25, 0.3) is 5.56 Å². The summed E-state index contributed by atoms with van der Waals surface area (Å²) in [5.41, 5.74) is -0.689. The van der Waals surface area contributed by atoms with Crippen molar-refractivity contribution in [3.05, 3.63) is 20.8 Å². The van der Waals surface area contributed by atoms with Crippen molar-refractivity contribution in [3.8, 4) is 0 Å². The normalized spacial score (nSPS) is 29.8. The smallest absolute Gasteiger partial charge is 0.346 e. The van der Waals surface area contributed by atoms with E-state index in [0.29, 0.717) is 17.7 Å². The minimum Gasteiger partial charge on any atom is -0.347 e. The summed E-state index contributed by atoms with van der Waals surface area (Å²) < 4.78 is 2.36. The molecule has 0 aliphatic carbocycles. The maximum Gasteiger partial charge on any atom is 0.346 e. The maximum atomic E-state index is 12.2. The van der Waals surface area contributed by atoms with Gasteiger partial charge < -0.3 is 10.2 Å². The van der Waals surface area contributed by atoms with Gasteiger partial charge in [0.15, 0.2) is 0 Å². The van der Waals surface area contributed by atoms with E-state index in [1.807, 2.05) is 0 Å². The van der Waals surface area contributed by atoms with Gasteiger partial charge >= 0.3 is 5.69 Å². The molecule has 3 rings (SSSR count). The van der Waals surface area contributed by atoms with Crippen LogP contribution in [0.3, 0.4) is 0 Å². The van der Waals surface area contributed by atoms with Crippen LogP contribution < -0.4 is 21.5 Å². The highest BCUT2D eigenvalue weighted by molar-refractivity contribution is 5.39. The van der Waals surface area contributed by atoms with E-state index in [0.717, 1.165) is 24.2 Å². The van der Waals surface area contributed by atoms with Gasteiger partial charge in [-0.25, -0.2) is 9.48 Å². The van der Waals surface area contributed by atoms with Crippen LogP contribution >= 0.6 is 0 Å². The van der Waals surface area contributed by atoms with E-state index < -0.39 is 0 Å². The lowest BCUT2D eigenvalue weighted by atomic mass is 9.95. The molecule has 2 aliphatic heterocycles. The van der Waals surface area contributed by atoms with Crippen LogP contribution in [0.1, 0.15) is 6.92 Å². The van der Waals surface area contributed by atoms with Crippen LogP contribution in [0.25, 0.3) is 0 Å². The third-order valence-corrected chi connectivity index (χ3v) is 4.51. The highest BCUT2D eigenvalue weighted by Crippen LogP contribution is 2.33. The van der Waals surface area contributed by atoms with Crippen LogP contribution in [0, 0.1) is 11.8 Å². The second-order valence-corrected chi connectivity index (χ2v) is 5.57. The summed E-state index contributed by atoms with van der Waals surface area (Å²) in [6.07, 6.45) is 0. The van der Waals surface area contributed by atoms with Crippen molar-refractivity contribution in [2.45, 2.75) is 13.0 Å². The van der Waals surface area contributed by atoms with Gasteiger partial charge in [0.2, 0.25) is 5.82 Å². The zero-order valence-electron chi connectivity index (χ0n) is 11.5. The molecular weight excluding hydrogens is 246 g/mol. The van der Waals surface area contributed by atoms with Gasteiger partial charge in [0, 0.05) is 39.8 Å². The van der Waals surface area contributed by atoms with Crippen LogP contribution in [-0.4, -0.2) is 40.0 Å². The Kier molecular flexibility index (Phi) is 2.74. The van der Waals surface area contributed by atoms with Gasteiger partial charge in [-0.05, 0) is 18.8 Å². The topological polar surface area (TPSA) is 72.2 Å². The molecule has 3 unspecified atom stereocenters. The van der Waals surface area contributed by atoms with E-state index in [9.17, 15) is 9.59 Å². The molecule has 7 nitrogen and oxygen atoms in total. The van der Waals surface area contributed by atoms with Gasteiger partial charge in [0.1, 0.15) is 0 Å². The van der Waals surface area contributed by atoms with E-state index in [1.54, 1.807) is 7.05 Å². The predicted octanol–water partition coefficient (Wildman–Crippen LogP) is -1.48. The molecular formula is C12H19N5O2. The van der Waals surface area contributed by atoms with E-state index in [-0.39, 0.29) is 17.3 Å². The molecule has 0 amide bonds. The molecule has 2 aliphatic rings. The minimum atomic E-state index is -0.387. The highest BCUT2D eigenvalue weighted by atomic mass is 16.2. The van der Waals surface area contributed by atoms with E-state index in [4.69, 9.17) is 0 Å². The third-order valence-electron chi connectivity index (χ3n) is 4.51. The zero-order valence-corrected chi connectivity index (χ0v) is 11.5. The van der Waals surface area contributed by atoms with Crippen molar-refractivity contribution in [3.63, 3.8) is 0 Å². The summed E-state index contributed by atoms with van der Waals surface area (Å²) in [5, 5.41) is 7.56. The summed E-state index contributed by atoms with van der Waals surface area (Å²) in [6.45, 7) is 4.95. The summed E-state index contributed by atoms with van der Waals surface area (Å²) in [5.74, 6) is 1.52. The second-order valence-electron chi connectivity index (χ2n) is 5.57. The summed E-state index contributed by atoms with van der Waals surface area (Å²) in [7, 11) is 3.08. The zero-order chi connectivity index (χ0) is 13.7. The Bertz CT molecular complexity index is 620. The molecule has 3 atom stereocenters. The van der Waals surface area contributed by atoms with Crippen molar-refractivity contribution in [1.82, 2.24) is 19.7 Å². The number of nitrogens with zero attached hydrogens (tertiary/aromatic N) is 4. The van der Waals surface area contributed by atoms with Crippen molar-refractivity contribution in [1.29, 1.82) is 0 Å². The first-order valence-electron chi connectivity index (χ1n) is 6.62.